The van der Waals surface area contributed by atoms with E-state index in [1.54, 1.807) is 0 Å². The van der Waals surface area contributed by atoms with Gasteiger partial charge in [-0.15, -0.1) is 0 Å². The maximum Gasteiger partial charge on any atom is 0.253 e. The summed E-state index contributed by atoms with van der Waals surface area (Å²) >= 11 is 0. The Hall–Kier alpha value is -1.05. The highest BCUT2D eigenvalue weighted by molar-refractivity contribution is 5.24. The molecule has 0 bridgehead atoms. The lowest BCUT2D eigenvalue weighted by atomic mass is 10.1. The van der Waals surface area contributed by atoms with Gasteiger partial charge in [-0.05, 0) is 38.3 Å². The van der Waals surface area contributed by atoms with E-state index in [1.165, 1.54) is 11.3 Å². The molecule has 0 amide bonds. The van der Waals surface area contributed by atoms with Crippen molar-refractivity contribution in [2.75, 3.05) is 0 Å². The molecule has 84 valence electrons. The average Bonchev–Trinajstić information content (AvgIpc) is 2.21. The Balaban J connectivity index is 3.24. The zero-order valence-electron chi connectivity index (χ0n) is 10.3. The second-order valence-electron chi connectivity index (χ2n) is 4.12. The minimum atomic E-state index is 0.186. The normalized spacial score (nSPS) is 10.7. The van der Waals surface area contributed by atoms with E-state index >= 15 is 0 Å². The fourth-order valence-electron chi connectivity index (χ4n) is 2.04. The first-order chi connectivity index (χ1) is 7.11. The van der Waals surface area contributed by atoms with Crippen LogP contribution >= 0.6 is 0 Å². The van der Waals surface area contributed by atoms with Gasteiger partial charge in [0, 0.05) is 17.8 Å². The molecule has 0 aromatic carbocycles. The van der Waals surface area contributed by atoms with Gasteiger partial charge in [-0.1, -0.05) is 20.3 Å². The monoisotopic (exact) mass is 207 g/mol. The van der Waals surface area contributed by atoms with E-state index in [-0.39, 0.29) is 5.56 Å². The topological polar surface area (TPSA) is 22.0 Å². The molecule has 1 aromatic rings. The molecule has 0 fully saturated rings. The Morgan fingerprint density at radius 3 is 2.40 bits per heavy atom. The molecular formula is C13H21NO. The number of hydrogen-bond donors (Lipinski definition) is 0. The summed E-state index contributed by atoms with van der Waals surface area (Å²) in [4.78, 5) is 12.0. The lowest BCUT2D eigenvalue weighted by Gasteiger charge is -2.15. The van der Waals surface area contributed by atoms with E-state index in [1.807, 2.05) is 17.6 Å². The minimum absolute atomic E-state index is 0.186. The van der Waals surface area contributed by atoms with Gasteiger partial charge in [-0.25, -0.2) is 0 Å². The van der Waals surface area contributed by atoms with Gasteiger partial charge >= 0.3 is 0 Å². The fourth-order valence-corrected chi connectivity index (χ4v) is 2.04. The molecule has 0 aliphatic heterocycles. The Bertz CT molecular complexity index is 390. The van der Waals surface area contributed by atoms with Gasteiger partial charge in [0.1, 0.15) is 0 Å². The Morgan fingerprint density at radius 2 is 1.87 bits per heavy atom. The second kappa shape index (κ2) is 5.15. The molecule has 2 nitrogen and oxygen atoms in total. The average molecular weight is 207 g/mol. The fraction of sp³-hybridized carbons (Fsp3) is 0.615. The molecule has 0 saturated carbocycles. The largest absolute Gasteiger partial charge is 0.312 e. The van der Waals surface area contributed by atoms with Crippen LogP contribution in [0.25, 0.3) is 0 Å². The van der Waals surface area contributed by atoms with Crippen LogP contribution in [-0.4, -0.2) is 4.57 Å². The van der Waals surface area contributed by atoms with Crippen LogP contribution in [0.5, 0.6) is 0 Å². The van der Waals surface area contributed by atoms with Crippen molar-refractivity contribution in [3.63, 3.8) is 0 Å². The summed E-state index contributed by atoms with van der Waals surface area (Å²) in [5.74, 6) is 0. The van der Waals surface area contributed by atoms with Crippen LogP contribution < -0.4 is 5.56 Å². The van der Waals surface area contributed by atoms with Crippen LogP contribution in [0.3, 0.4) is 0 Å². The SMILES string of the molecule is CCCCn1c(CC)c(C)cc(C)c1=O. The van der Waals surface area contributed by atoms with Crippen LogP contribution in [0, 0.1) is 13.8 Å². The first-order valence-corrected chi connectivity index (χ1v) is 5.81. The quantitative estimate of drug-likeness (QED) is 0.744. The standard InChI is InChI=1S/C13H21NO/c1-5-7-8-14-12(6-2)10(3)9-11(4)13(14)15/h9H,5-8H2,1-4H3. The summed E-state index contributed by atoms with van der Waals surface area (Å²) in [5, 5.41) is 0. The third kappa shape index (κ3) is 2.49. The van der Waals surface area contributed by atoms with Crippen molar-refractivity contribution in [1.82, 2.24) is 4.57 Å². The Labute approximate surface area is 91.9 Å². The summed E-state index contributed by atoms with van der Waals surface area (Å²) < 4.78 is 1.95. The smallest absolute Gasteiger partial charge is 0.253 e. The lowest BCUT2D eigenvalue weighted by molar-refractivity contribution is 0.583. The minimum Gasteiger partial charge on any atom is -0.312 e. The van der Waals surface area contributed by atoms with Gasteiger partial charge < -0.3 is 4.57 Å². The first kappa shape index (κ1) is 12.0. The molecule has 0 radical (unpaired) electrons. The number of pyridine rings is 1. The molecule has 0 spiro atoms. The van der Waals surface area contributed by atoms with Crippen molar-refractivity contribution in [2.24, 2.45) is 0 Å². The van der Waals surface area contributed by atoms with E-state index < -0.39 is 0 Å². The number of nitrogens with zero attached hydrogens (tertiary/aromatic N) is 1. The summed E-state index contributed by atoms with van der Waals surface area (Å²) in [6, 6.07) is 2.00. The molecule has 0 saturated heterocycles. The Morgan fingerprint density at radius 1 is 1.20 bits per heavy atom. The van der Waals surface area contributed by atoms with E-state index in [2.05, 4.69) is 20.8 Å². The molecule has 2 heteroatoms. The van der Waals surface area contributed by atoms with Gasteiger partial charge in [0.15, 0.2) is 0 Å². The van der Waals surface area contributed by atoms with Gasteiger partial charge in [0.05, 0.1) is 0 Å². The van der Waals surface area contributed by atoms with Gasteiger partial charge in [0.2, 0.25) is 0 Å². The number of hydrogen-bond acceptors (Lipinski definition) is 1. The maximum atomic E-state index is 12.0. The molecule has 1 heterocycles. The van der Waals surface area contributed by atoms with Gasteiger partial charge in [-0.2, -0.15) is 0 Å². The van der Waals surface area contributed by atoms with Crippen molar-refractivity contribution in [3.05, 3.63) is 33.2 Å². The highest BCUT2D eigenvalue weighted by Crippen LogP contribution is 2.09. The molecule has 1 aromatic heterocycles. The first-order valence-electron chi connectivity index (χ1n) is 5.81. The third-order valence-corrected chi connectivity index (χ3v) is 2.87. The lowest BCUT2D eigenvalue weighted by Crippen LogP contribution is -2.26. The molecule has 15 heavy (non-hydrogen) atoms. The predicted molar refractivity (Wildman–Crippen MR) is 64.5 cm³/mol. The predicted octanol–water partition coefficient (Wildman–Crippen LogP) is 2.83. The molecule has 0 aliphatic rings. The second-order valence-corrected chi connectivity index (χ2v) is 4.12. The van der Waals surface area contributed by atoms with Crippen molar-refractivity contribution in [3.8, 4) is 0 Å². The Kier molecular flexibility index (Phi) is 4.13. The van der Waals surface area contributed by atoms with Crippen LogP contribution in [-0.2, 0) is 13.0 Å². The van der Waals surface area contributed by atoms with Crippen molar-refractivity contribution < 1.29 is 0 Å². The van der Waals surface area contributed by atoms with Gasteiger partial charge in [-0.3, -0.25) is 4.79 Å². The number of aryl methyl sites for hydroxylation is 2. The zero-order valence-corrected chi connectivity index (χ0v) is 10.3. The van der Waals surface area contributed by atoms with Crippen molar-refractivity contribution >= 4 is 0 Å². The van der Waals surface area contributed by atoms with Crippen LogP contribution in [0.1, 0.15) is 43.5 Å². The highest BCUT2D eigenvalue weighted by atomic mass is 16.1. The van der Waals surface area contributed by atoms with E-state index in [0.29, 0.717) is 0 Å². The van der Waals surface area contributed by atoms with Gasteiger partial charge in [0.25, 0.3) is 5.56 Å². The summed E-state index contributed by atoms with van der Waals surface area (Å²) in [5.41, 5.74) is 3.48. The molecule has 0 atom stereocenters. The number of rotatable bonds is 4. The molecule has 1 rings (SSSR count). The highest BCUT2D eigenvalue weighted by Gasteiger charge is 2.07. The third-order valence-electron chi connectivity index (χ3n) is 2.87. The molecule has 0 aliphatic carbocycles. The van der Waals surface area contributed by atoms with E-state index in [0.717, 1.165) is 31.4 Å². The summed E-state index contributed by atoms with van der Waals surface area (Å²) in [6.45, 7) is 9.12. The van der Waals surface area contributed by atoms with Crippen LogP contribution in [0.2, 0.25) is 0 Å². The number of unbranched alkanes of at least 4 members (excludes halogenated alkanes) is 1. The van der Waals surface area contributed by atoms with Crippen LogP contribution in [0.4, 0.5) is 0 Å². The summed E-state index contributed by atoms with van der Waals surface area (Å²) in [6.07, 6.45) is 3.14. The van der Waals surface area contributed by atoms with Crippen LogP contribution in [0.15, 0.2) is 10.9 Å². The van der Waals surface area contributed by atoms with Crippen molar-refractivity contribution in [1.29, 1.82) is 0 Å². The van der Waals surface area contributed by atoms with E-state index in [9.17, 15) is 4.79 Å². The van der Waals surface area contributed by atoms with Crippen molar-refractivity contribution in [2.45, 2.75) is 53.5 Å². The molecule has 0 unspecified atom stereocenters. The zero-order chi connectivity index (χ0) is 11.4. The number of aromatic nitrogens is 1. The summed E-state index contributed by atoms with van der Waals surface area (Å²) in [7, 11) is 0. The molecular weight excluding hydrogens is 186 g/mol. The maximum absolute atomic E-state index is 12.0. The molecule has 0 N–H and O–H groups in total. The van der Waals surface area contributed by atoms with E-state index in [4.69, 9.17) is 0 Å².